The maximum atomic E-state index is 10.5. The van der Waals surface area contributed by atoms with Crippen molar-refractivity contribution in [1.82, 2.24) is 0 Å². The highest BCUT2D eigenvalue weighted by Gasteiger charge is 2.78. The van der Waals surface area contributed by atoms with Crippen LogP contribution < -0.4 is 0 Å². The van der Waals surface area contributed by atoms with E-state index in [0.29, 0.717) is 25.7 Å². The highest BCUT2D eigenvalue weighted by atomic mass is 16.7. The van der Waals surface area contributed by atoms with Gasteiger partial charge in [-0.05, 0) is 59.8 Å². The third-order valence-corrected chi connectivity index (χ3v) is 6.37. The van der Waals surface area contributed by atoms with Gasteiger partial charge in [-0.3, -0.25) is 0 Å². The Morgan fingerprint density at radius 2 is 1.84 bits per heavy atom. The fourth-order valence-electron chi connectivity index (χ4n) is 4.20. The third kappa shape index (κ3) is 3.33. The van der Waals surface area contributed by atoms with Crippen molar-refractivity contribution in [3.63, 3.8) is 0 Å². The number of hydrogen-bond donors (Lipinski definition) is 3. The number of allylic oxidation sites excluding steroid dienone is 2. The molecule has 25 heavy (non-hydrogen) atoms. The van der Waals surface area contributed by atoms with Crippen molar-refractivity contribution in [3.05, 3.63) is 23.3 Å². The summed E-state index contributed by atoms with van der Waals surface area (Å²) < 4.78 is 11.8. The summed E-state index contributed by atoms with van der Waals surface area (Å²) in [6, 6.07) is 0. The predicted molar refractivity (Wildman–Crippen MR) is 94.9 cm³/mol. The van der Waals surface area contributed by atoms with Gasteiger partial charge >= 0.3 is 0 Å². The van der Waals surface area contributed by atoms with Crippen molar-refractivity contribution >= 4 is 0 Å². The lowest BCUT2D eigenvalue weighted by atomic mass is 9.84. The van der Waals surface area contributed by atoms with Gasteiger partial charge in [0, 0.05) is 6.42 Å². The Labute approximate surface area is 150 Å². The first-order chi connectivity index (χ1) is 11.6. The van der Waals surface area contributed by atoms with E-state index >= 15 is 0 Å². The van der Waals surface area contributed by atoms with Crippen molar-refractivity contribution < 1.29 is 24.8 Å². The number of hydrogen-bond acceptors (Lipinski definition) is 5. The molecule has 0 aromatic carbocycles. The number of aliphatic hydroxyl groups is 3. The first-order valence-electron chi connectivity index (χ1n) is 9.38. The molecule has 2 fully saturated rings. The van der Waals surface area contributed by atoms with E-state index in [1.54, 1.807) is 6.92 Å². The van der Waals surface area contributed by atoms with E-state index in [9.17, 15) is 15.3 Å². The minimum absolute atomic E-state index is 0.294. The molecule has 0 saturated carbocycles. The monoisotopic (exact) mass is 352 g/mol. The van der Waals surface area contributed by atoms with Gasteiger partial charge in [-0.25, -0.2) is 0 Å². The first kappa shape index (κ1) is 19.1. The molecule has 2 saturated heterocycles. The number of aliphatic hydroxyl groups excluding tert-OH is 2. The molecule has 0 radical (unpaired) electrons. The fourth-order valence-corrected chi connectivity index (χ4v) is 4.20. The van der Waals surface area contributed by atoms with E-state index in [2.05, 4.69) is 13.0 Å². The summed E-state index contributed by atoms with van der Waals surface area (Å²) in [6.07, 6.45) is 6.38. The van der Waals surface area contributed by atoms with Crippen LogP contribution in [-0.4, -0.2) is 50.6 Å². The van der Waals surface area contributed by atoms with Crippen LogP contribution in [0.5, 0.6) is 0 Å². The molecular weight excluding hydrogens is 320 g/mol. The van der Waals surface area contributed by atoms with Gasteiger partial charge in [0.2, 0.25) is 0 Å². The molecule has 1 aliphatic carbocycles. The maximum absolute atomic E-state index is 10.5. The van der Waals surface area contributed by atoms with Crippen LogP contribution in [0.2, 0.25) is 0 Å². The van der Waals surface area contributed by atoms with Crippen LogP contribution in [-0.2, 0) is 9.47 Å². The van der Waals surface area contributed by atoms with Gasteiger partial charge in [0.1, 0.15) is 17.3 Å². The maximum Gasteiger partial charge on any atom is 0.187 e. The molecule has 3 aliphatic rings. The molecule has 0 aromatic rings. The fraction of sp³-hybridized carbons (Fsp3) is 0.800. The minimum Gasteiger partial charge on any atom is -0.390 e. The van der Waals surface area contributed by atoms with E-state index in [4.69, 9.17) is 9.47 Å². The molecule has 5 heteroatoms. The molecule has 0 amide bonds. The Hall–Kier alpha value is -0.720. The van der Waals surface area contributed by atoms with Gasteiger partial charge in [0.25, 0.3) is 0 Å². The van der Waals surface area contributed by atoms with Gasteiger partial charge in [-0.15, -0.1) is 0 Å². The van der Waals surface area contributed by atoms with E-state index in [1.165, 1.54) is 5.57 Å². The van der Waals surface area contributed by atoms with Crippen LogP contribution in [0.15, 0.2) is 23.3 Å². The molecule has 0 unspecified atom stereocenters. The van der Waals surface area contributed by atoms with Crippen LogP contribution in [0, 0.1) is 0 Å². The van der Waals surface area contributed by atoms with Crippen molar-refractivity contribution in [2.45, 2.75) is 102 Å². The summed E-state index contributed by atoms with van der Waals surface area (Å²) in [5.74, 6) is 0. The molecule has 142 valence electrons. The van der Waals surface area contributed by atoms with Crippen molar-refractivity contribution in [3.8, 4) is 0 Å². The van der Waals surface area contributed by atoms with Crippen LogP contribution in [0.1, 0.15) is 66.2 Å². The van der Waals surface area contributed by atoms with Gasteiger partial charge in [-0.2, -0.15) is 0 Å². The molecule has 2 aliphatic heterocycles. The SMILES string of the molecule is C/C1=C\C[C@]23O[C@@]2(C)[C@@H](O)O[C@H]3/C=C(\C)CC[C@@H](O)[C@@](C)(O)CCC1. The summed E-state index contributed by atoms with van der Waals surface area (Å²) in [7, 11) is 0. The molecule has 0 aromatic heterocycles. The summed E-state index contributed by atoms with van der Waals surface area (Å²) in [5.41, 5.74) is 0.0954. The Morgan fingerprint density at radius 3 is 2.52 bits per heavy atom. The predicted octanol–water partition coefficient (Wildman–Crippen LogP) is 2.59. The normalized spacial score (nSPS) is 52.8. The molecular formula is C20H32O5. The Bertz CT molecular complexity index is 581. The van der Waals surface area contributed by atoms with Crippen molar-refractivity contribution in [1.29, 1.82) is 0 Å². The summed E-state index contributed by atoms with van der Waals surface area (Å²) in [6.45, 7) is 7.70. The standard InChI is InChI=1S/C20H32O5/c1-13-6-5-10-18(3,23)15(21)8-7-14(2)12-16-20(11-9-13)19(4,25-20)17(22)24-16/h9,12,15-17,21-23H,5-8,10-11H2,1-4H3/b13-9+,14-12+/t15-,16+,17+,18+,19+,20-/m1/s1. The second-order valence-corrected chi connectivity index (χ2v) is 8.54. The lowest BCUT2D eigenvalue weighted by molar-refractivity contribution is -0.153. The molecule has 2 heterocycles. The van der Waals surface area contributed by atoms with Crippen LogP contribution in [0.25, 0.3) is 0 Å². The molecule has 1 spiro atoms. The zero-order valence-corrected chi connectivity index (χ0v) is 15.8. The number of epoxide rings is 1. The first-order valence-corrected chi connectivity index (χ1v) is 9.38. The van der Waals surface area contributed by atoms with Gasteiger partial charge < -0.3 is 24.8 Å². The van der Waals surface area contributed by atoms with Gasteiger partial charge in [-0.1, -0.05) is 23.3 Å². The lowest BCUT2D eigenvalue weighted by Gasteiger charge is -2.29. The molecule has 6 atom stereocenters. The molecule has 3 N–H and O–H groups in total. The van der Waals surface area contributed by atoms with E-state index < -0.39 is 29.2 Å². The average molecular weight is 352 g/mol. The average Bonchev–Trinajstić information content (AvgIpc) is 3.10. The van der Waals surface area contributed by atoms with Crippen LogP contribution >= 0.6 is 0 Å². The van der Waals surface area contributed by atoms with E-state index in [1.807, 2.05) is 19.9 Å². The zero-order valence-electron chi connectivity index (χ0n) is 15.8. The Balaban J connectivity index is 1.85. The smallest absolute Gasteiger partial charge is 0.187 e. The Morgan fingerprint density at radius 1 is 1.12 bits per heavy atom. The zero-order chi connectivity index (χ0) is 18.5. The highest BCUT2D eigenvalue weighted by molar-refractivity contribution is 5.30. The summed E-state index contributed by atoms with van der Waals surface area (Å²) >= 11 is 0. The molecule has 3 rings (SSSR count). The van der Waals surface area contributed by atoms with E-state index in [0.717, 1.165) is 18.4 Å². The minimum atomic E-state index is -1.07. The van der Waals surface area contributed by atoms with Gasteiger partial charge in [0.05, 0.1) is 11.7 Å². The lowest BCUT2D eigenvalue weighted by Crippen LogP contribution is -2.39. The topological polar surface area (TPSA) is 82.5 Å². The Kier molecular flexibility index (Phi) is 4.93. The van der Waals surface area contributed by atoms with Crippen LogP contribution in [0.3, 0.4) is 0 Å². The second-order valence-electron chi connectivity index (χ2n) is 8.54. The molecule has 5 nitrogen and oxygen atoms in total. The van der Waals surface area contributed by atoms with Gasteiger partial charge in [0.15, 0.2) is 6.29 Å². The van der Waals surface area contributed by atoms with Crippen LogP contribution in [0.4, 0.5) is 0 Å². The van der Waals surface area contributed by atoms with Crippen molar-refractivity contribution in [2.24, 2.45) is 0 Å². The number of ether oxygens (including phenoxy) is 2. The van der Waals surface area contributed by atoms with Crippen molar-refractivity contribution in [2.75, 3.05) is 0 Å². The number of rotatable bonds is 0. The largest absolute Gasteiger partial charge is 0.390 e. The second kappa shape index (κ2) is 6.46. The highest BCUT2D eigenvalue weighted by Crippen LogP contribution is 2.61. The quantitative estimate of drug-likeness (QED) is 0.461. The third-order valence-electron chi connectivity index (χ3n) is 6.37. The summed E-state index contributed by atoms with van der Waals surface area (Å²) in [5, 5.41) is 31.1. The summed E-state index contributed by atoms with van der Waals surface area (Å²) in [4.78, 5) is 0. The van der Waals surface area contributed by atoms with E-state index in [-0.39, 0.29) is 6.10 Å². The molecule has 0 bridgehead atoms.